The van der Waals surface area contributed by atoms with E-state index in [1.54, 1.807) is 0 Å². The third-order valence-corrected chi connectivity index (χ3v) is 2.85. The highest BCUT2D eigenvalue weighted by Crippen LogP contribution is 2.09. The Hall–Kier alpha value is -2.58. The van der Waals surface area contributed by atoms with Gasteiger partial charge in [-0.15, -0.1) is 5.10 Å². The Balaban J connectivity index is 2.32. The van der Waals surface area contributed by atoms with Crippen LogP contribution in [0.2, 0.25) is 0 Å². The fraction of sp³-hybridized carbons (Fsp3) is 0.250. The van der Waals surface area contributed by atoms with Crippen LogP contribution in [-0.2, 0) is 6.54 Å². The van der Waals surface area contributed by atoms with Gasteiger partial charge >= 0.3 is 0 Å². The number of hydrogen-bond donors (Lipinski definition) is 1. The molecular formula is C16H16N2O3. The molecule has 1 heterocycles. The smallest absolute Gasteiger partial charge is 0.267 e. The first kappa shape index (κ1) is 14.8. The molecular weight excluding hydrogens is 268 g/mol. The van der Waals surface area contributed by atoms with Crippen LogP contribution in [0, 0.1) is 11.8 Å². The Labute approximate surface area is 122 Å². The molecule has 0 amide bonds. The minimum atomic E-state index is -0.200. The average molecular weight is 284 g/mol. The van der Waals surface area contributed by atoms with Crippen molar-refractivity contribution in [3.8, 4) is 17.7 Å². The fourth-order valence-corrected chi connectivity index (χ4v) is 1.81. The van der Waals surface area contributed by atoms with E-state index in [1.807, 2.05) is 24.3 Å². The van der Waals surface area contributed by atoms with Gasteiger partial charge in [0.15, 0.2) is 0 Å². The molecule has 0 fully saturated rings. The van der Waals surface area contributed by atoms with E-state index in [4.69, 9.17) is 9.84 Å². The number of ether oxygens (including phenoxy) is 1. The van der Waals surface area contributed by atoms with Crippen molar-refractivity contribution in [3.05, 3.63) is 57.9 Å². The standard InChI is InChI=1S/C16H16N2O3/c1-21-15-9-10-16(20)18(17-15)12-14-8-3-2-6-13(14)7-4-5-11-19/h2-3,6,8-10,19H,5,11-12H2,1H3. The maximum Gasteiger partial charge on any atom is 0.267 e. The van der Waals surface area contributed by atoms with E-state index in [0.717, 1.165) is 11.1 Å². The van der Waals surface area contributed by atoms with Crippen molar-refractivity contribution in [1.82, 2.24) is 9.78 Å². The van der Waals surface area contributed by atoms with E-state index < -0.39 is 0 Å². The van der Waals surface area contributed by atoms with Crippen molar-refractivity contribution in [1.29, 1.82) is 0 Å². The van der Waals surface area contributed by atoms with Gasteiger partial charge in [-0.2, -0.15) is 0 Å². The summed E-state index contributed by atoms with van der Waals surface area (Å²) in [6.45, 7) is 0.353. The number of methoxy groups -OCH3 is 1. The van der Waals surface area contributed by atoms with Crippen molar-refractivity contribution >= 4 is 0 Å². The van der Waals surface area contributed by atoms with Crippen molar-refractivity contribution < 1.29 is 9.84 Å². The lowest BCUT2D eigenvalue weighted by Crippen LogP contribution is -2.23. The Bertz CT molecular complexity index is 726. The molecule has 5 nitrogen and oxygen atoms in total. The molecule has 0 saturated heterocycles. The molecule has 1 aromatic heterocycles. The molecule has 0 atom stereocenters. The van der Waals surface area contributed by atoms with Crippen LogP contribution in [0.4, 0.5) is 0 Å². The predicted molar refractivity (Wildman–Crippen MR) is 79.2 cm³/mol. The molecule has 0 spiro atoms. The first-order valence-electron chi connectivity index (χ1n) is 6.54. The molecule has 2 aromatic rings. The van der Waals surface area contributed by atoms with Gasteiger partial charge in [0.2, 0.25) is 5.88 Å². The van der Waals surface area contributed by atoms with E-state index in [1.165, 1.54) is 23.9 Å². The summed E-state index contributed by atoms with van der Waals surface area (Å²) in [5, 5.41) is 12.9. The second-order valence-electron chi connectivity index (χ2n) is 4.30. The van der Waals surface area contributed by atoms with Gasteiger partial charge in [-0.1, -0.05) is 30.0 Å². The van der Waals surface area contributed by atoms with Crippen LogP contribution in [0.1, 0.15) is 17.5 Å². The van der Waals surface area contributed by atoms with Gasteiger partial charge in [0.1, 0.15) is 0 Å². The van der Waals surface area contributed by atoms with Crippen LogP contribution in [-0.4, -0.2) is 28.6 Å². The molecule has 1 N–H and O–H groups in total. The minimum absolute atomic E-state index is 0.0338. The molecule has 0 aliphatic rings. The van der Waals surface area contributed by atoms with Crippen molar-refractivity contribution in [3.63, 3.8) is 0 Å². The topological polar surface area (TPSA) is 64.3 Å². The fourth-order valence-electron chi connectivity index (χ4n) is 1.81. The lowest BCUT2D eigenvalue weighted by atomic mass is 10.1. The van der Waals surface area contributed by atoms with Gasteiger partial charge in [0.25, 0.3) is 5.56 Å². The van der Waals surface area contributed by atoms with Gasteiger partial charge < -0.3 is 9.84 Å². The highest BCUT2D eigenvalue weighted by atomic mass is 16.5. The first-order chi connectivity index (χ1) is 10.2. The summed E-state index contributed by atoms with van der Waals surface area (Å²) >= 11 is 0. The molecule has 1 aromatic carbocycles. The molecule has 108 valence electrons. The van der Waals surface area contributed by atoms with Gasteiger partial charge in [-0.25, -0.2) is 4.68 Å². The maximum atomic E-state index is 11.8. The number of nitrogens with zero attached hydrogens (tertiary/aromatic N) is 2. The summed E-state index contributed by atoms with van der Waals surface area (Å²) in [4.78, 5) is 11.8. The van der Waals surface area contributed by atoms with Crippen LogP contribution in [0.5, 0.6) is 5.88 Å². The minimum Gasteiger partial charge on any atom is -0.480 e. The van der Waals surface area contributed by atoms with E-state index in [-0.39, 0.29) is 12.2 Å². The van der Waals surface area contributed by atoms with Gasteiger partial charge in [0.05, 0.1) is 20.3 Å². The summed E-state index contributed by atoms with van der Waals surface area (Å²) in [7, 11) is 1.51. The number of aliphatic hydroxyl groups excluding tert-OH is 1. The Morgan fingerprint density at radius 1 is 1.29 bits per heavy atom. The van der Waals surface area contributed by atoms with E-state index in [2.05, 4.69) is 16.9 Å². The normalized spacial score (nSPS) is 9.81. The average Bonchev–Trinajstić information content (AvgIpc) is 2.51. The monoisotopic (exact) mass is 284 g/mol. The highest BCUT2D eigenvalue weighted by Gasteiger charge is 2.05. The summed E-state index contributed by atoms with van der Waals surface area (Å²) in [6, 6.07) is 10.5. The molecule has 0 bridgehead atoms. The Morgan fingerprint density at radius 3 is 2.86 bits per heavy atom. The van der Waals surface area contributed by atoms with Gasteiger partial charge in [0, 0.05) is 24.1 Å². The number of benzene rings is 1. The molecule has 0 saturated carbocycles. The van der Waals surface area contributed by atoms with Crippen molar-refractivity contribution in [2.45, 2.75) is 13.0 Å². The Kier molecular flexibility index (Phi) is 5.13. The number of hydrogen-bond acceptors (Lipinski definition) is 4. The SMILES string of the molecule is COc1ccc(=O)n(Cc2ccccc2C#CCCO)n1. The van der Waals surface area contributed by atoms with E-state index >= 15 is 0 Å². The molecule has 0 radical (unpaired) electrons. The van der Waals surface area contributed by atoms with Crippen molar-refractivity contribution in [2.24, 2.45) is 0 Å². The second kappa shape index (κ2) is 7.27. The number of rotatable bonds is 4. The van der Waals surface area contributed by atoms with E-state index in [0.29, 0.717) is 18.8 Å². The first-order valence-corrected chi connectivity index (χ1v) is 6.54. The third-order valence-electron chi connectivity index (χ3n) is 2.85. The molecule has 0 aliphatic heterocycles. The summed E-state index contributed by atoms with van der Waals surface area (Å²) in [5.41, 5.74) is 1.52. The van der Waals surface area contributed by atoms with Gasteiger partial charge in [-0.3, -0.25) is 4.79 Å². The van der Waals surface area contributed by atoms with Crippen LogP contribution < -0.4 is 10.3 Å². The maximum absolute atomic E-state index is 11.8. The number of aromatic nitrogens is 2. The molecule has 21 heavy (non-hydrogen) atoms. The van der Waals surface area contributed by atoms with Crippen LogP contribution in [0.25, 0.3) is 0 Å². The largest absolute Gasteiger partial charge is 0.480 e. The molecule has 2 rings (SSSR count). The zero-order valence-electron chi connectivity index (χ0n) is 11.7. The molecule has 5 heteroatoms. The lowest BCUT2D eigenvalue weighted by molar-refractivity contribution is 0.305. The van der Waals surface area contributed by atoms with Crippen LogP contribution in [0.15, 0.2) is 41.2 Å². The number of aliphatic hydroxyl groups is 1. The summed E-state index contributed by atoms with van der Waals surface area (Å²) in [6.07, 6.45) is 0.422. The summed E-state index contributed by atoms with van der Waals surface area (Å²) < 4.78 is 6.37. The Morgan fingerprint density at radius 2 is 2.10 bits per heavy atom. The quantitative estimate of drug-likeness (QED) is 0.852. The highest BCUT2D eigenvalue weighted by molar-refractivity contribution is 5.41. The molecule has 0 aliphatic carbocycles. The lowest BCUT2D eigenvalue weighted by Gasteiger charge is -2.08. The third kappa shape index (κ3) is 3.94. The zero-order chi connectivity index (χ0) is 15.1. The van der Waals surface area contributed by atoms with Crippen LogP contribution in [0.3, 0.4) is 0 Å². The summed E-state index contributed by atoms with van der Waals surface area (Å²) in [5.74, 6) is 6.27. The molecule has 0 unspecified atom stereocenters. The van der Waals surface area contributed by atoms with Crippen molar-refractivity contribution in [2.75, 3.05) is 13.7 Å². The second-order valence-corrected chi connectivity index (χ2v) is 4.30. The zero-order valence-corrected chi connectivity index (χ0v) is 11.7. The van der Waals surface area contributed by atoms with Gasteiger partial charge in [-0.05, 0) is 11.6 Å². The van der Waals surface area contributed by atoms with Crippen LogP contribution >= 0.6 is 0 Å². The van der Waals surface area contributed by atoms with E-state index in [9.17, 15) is 4.79 Å². The predicted octanol–water partition coefficient (Wildman–Crippen LogP) is 1.03.